The molecular formula is C16H15N3O2S. The molecule has 0 radical (unpaired) electrons. The van der Waals surface area contributed by atoms with Crippen molar-refractivity contribution in [2.45, 2.75) is 27.2 Å². The maximum absolute atomic E-state index is 11.9. The largest absolute Gasteiger partial charge is 0.441 e. The second-order valence-corrected chi connectivity index (χ2v) is 7.67. The SMILES string of the molecule is CC(C)(C)Cc1nc2c(ccc3c4nc[nH]c(=O)c4sc32)o1. The monoisotopic (exact) mass is 313 g/mol. The van der Waals surface area contributed by atoms with Gasteiger partial charge in [-0.3, -0.25) is 4.79 Å². The highest BCUT2D eigenvalue weighted by Crippen LogP contribution is 2.36. The topological polar surface area (TPSA) is 71.8 Å². The van der Waals surface area contributed by atoms with Crippen LogP contribution in [0.5, 0.6) is 0 Å². The molecule has 112 valence electrons. The number of thiophene rings is 1. The van der Waals surface area contributed by atoms with Gasteiger partial charge >= 0.3 is 0 Å². The molecule has 0 atom stereocenters. The molecule has 0 bridgehead atoms. The summed E-state index contributed by atoms with van der Waals surface area (Å²) in [5, 5.41) is 0.953. The van der Waals surface area contributed by atoms with Gasteiger partial charge in [0, 0.05) is 11.8 Å². The fourth-order valence-corrected chi connectivity index (χ4v) is 3.74. The van der Waals surface area contributed by atoms with Crippen molar-refractivity contribution in [1.29, 1.82) is 0 Å². The molecule has 0 saturated heterocycles. The molecule has 0 fully saturated rings. The Bertz CT molecular complexity index is 1070. The Kier molecular flexibility index (Phi) is 2.69. The van der Waals surface area contributed by atoms with Gasteiger partial charge in [-0.05, 0) is 17.5 Å². The Hall–Kier alpha value is -2.21. The average Bonchev–Trinajstić information content (AvgIpc) is 2.97. The number of aromatic amines is 1. The smallest absolute Gasteiger partial charge is 0.268 e. The van der Waals surface area contributed by atoms with Gasteiger partial charge in [0.2, 0.25) is 0 Å². The summed E-state index contributed by atoms with van der Waals surface area (Å²) >= 11 is 1.42. The van der Waals surface area contributed by atoms with Crippen molar-refractivity contribution in [2.24, 2.45) is 5.41 Å². The van der Waals surface area contributed by atoms with Crippen molar-refractivity contribution in [3.63, 3.8) is 0 Å². The third-order valence-electron chi connectivity index (χ3n) is 3.51. The van der Waals surface area contributed by atoms with Gasteiger partial charge < -0.3 is 9.40 Å². The molecule has 0 unspecified atom stereocenters. The molecule has 3 heterocycles. The van der Waals surface area contributed by atoms with Crippen LogP contribution in [0.4, 0.5) is 0 Å². The van der Waals surface area contributed by atoms with Crippen LogP contribution in [0.25, 0.3) is 31.4 Å². The zero-order valence-corrected chi connectivity index (χ0v) is 13.4. The maximum Gasteiger partial charge on any atom is 0.268 e. The Balaban J connectivity index is 2.04. The summed E-state index contributed by atoms with van der Waals surface area (Å²) in [7, 11) is 0. The van der Waals surface area contributed by atoms with Crippen LogP contribution in [-0.2, 0) is 6.42 Å². The van der Waals surface area contributed by atoms with Crippen LogP contribution in [0.15, 0.2) is 27.7 Å². The number of aromatic nitrogens is 3. The first-order valence-corrected chi connectivity index (χ1v) is 7.92. The molecule has 0 aliphatic carbocycles. The quantitative estimate of drug-likeness (QED) is 0.579. The summed E-state index contributed by atoms with van der Waals surface area (Å²) in [6.45, 7) is 6.46. The van der Waals surface area contributed by atoms with Gasteiger partial charge in [-0.1, -0.05) is 20.8 Å². The number of oxazole rings is 1. The van der Waals surface area contributed by atoms with Crippen molar-refractivity contribution in [2.75, 3.05) is 0 Å². The lowest BCUT2D eigenvalue weighted by atomic mass is 9.92. The van der Waals surface area contributed by atoms with E-state index >= 15 is 0 Å². The van der Waals surface area contributed by atoms with E-state index in [-0.39, 0.29) is 11.0 Å². The van der Waals surface area contributed by atoms with Gasteiger partial charge in [-0.25, -0.2) is 9.97 Å². The second kappa shape index (κ2) is 4.39. The lowest BCUT2D eigenvalue weighted by molar-refractivity contribution is 0.362. The molecule has 0 aliphatic rings. The van der Waals surface area contributed by atoms with Gasteiger partial charge in [0.05, 0.1) is 16.5 Å². The molecule has 4 rings (SSSR count). The lowest BCUT2D eigenvalue weighted by Gasteiger charge is -2.14. The summed E-state index contributed by atoms with van der Waals surface area (Å²) in [6, 6.07) is 3.86. The van der Waals surface area contributed by atoms with Crippen LogP contribution < -0.4 is 5.56 Å². The predicted octanol–water partition coefficient (Wildman–Crippen LogP) is 3.87. The average molecular weight is 313 g/mol. The predicted molar refractivity (Wildman–Crippen MR) is 88.5 cm³/mol. The Labute approximate surface area is 130 Å². The second-order valence-electron chi connectivity index (χ2n) is 6.65. The zero-order valence-electron chi connectivity index (χ0n) is 12.6. The van der Waals surface area contributed by atoms with Crippen molar-refractivity contribution in [3.05, 3.63) is 34.7 Å². The van der Waals surface area contributed by atoms with E-state index in [4.69, 9.17) is 4.42 Å². The number of nitrogens with one attached hydrogen (secondary N) is 1. The lowest BCUT2D eigenvalue weighted by Crippen LogP contribution is -2.09. The summed E-state index contributed by atoms with van der Waals surface area (Å²) in [5.41, 5.74) is 2.30. The first-order valence-electron chi connectivity index (χ1n) is 7.11. The van der Waals surface area contributed by atoms with Crippen molar-refractivity contribution < 1.29 is 4.42 Å². The van der Waals surface area contributed by atoms with E-state index in [9.17, 15) is 4.79 Å². The van der Waals surface area contributed by atoms with Crippen LogP contribution in [-0.4, -0.2) is 15.0 Å². The minimum Gasteiger partial charge on any atom is -0.441 e. The van der Waals surface area contributed by atoms with Crippen LogP contribution in [0.2, 0.25) is 0 Å². The van der Waals surface area contributed by atoms with Crippen molar-refractivity contribution in [3.8, 4) is 0 Å². The highest BCUT2D eigenvalue weighted by Gasteiger charge is 2.19. The van der Waals surface area contributed by atoms with E-state index in [1.807, 2.05) is 12.1 Å². The molecule has 0 amide bonds. The van der Waals surface area contributed by atoms with Gasteiger partial charge in [0.25, 0.3) is 5.56 Å². The Morgan fingerprint density at radius 1 is 1.23 bits per heavy atom. The van der Waals surface area contributed by atoms with Crippen LogP contribution in [0.1, 0.15) is 26.7 Å². The molecule has 22 heavy (non-hydrogen) atoms. The Morgan fingerprint density at radius 2 is 2.05 bits per heavy atom. The molecule has 0 saturated carbocycles. The van der Waals surface area contributed by atoms with Gasteiger partial charge in [0.1, 0.15) is 10.2 Å². The molecule has 3 aromatic heterocycles. The van der Waals surface area contributed by atoms with Crippen LogP contribution in [0, 0.1) is 5.41 Å². The number of nitrogens with zero attached hydrogens (tertiary/aromatic N) is 2. The molecule has 0 spiro atoms. The normalized spacial score (nSPS) is 12.7. The Morgan fingerprint density at radius 3 is 2.82 bits per heavy atom. The van der Waals surface area contributed by atoms with Crippen LogP contribution >= 0.6 is 11.3 Å². The molecular weight excluding hydrogens is 298 g/mol. The van der Waals surface area contributed by atoms with E-state index in [0.29, 0.717) is 4.70 Å². The molecule has 6 heteroatoms. The standard InChI is InChI=1S/C16H15N3O2S/c1-16(2,3)6-10-19-12-9(21-10)5-4-8-11-14(22-13(8)12)15(20)18-7-17-11/h4-5,7H,6H2,1-3H3,(H,17,18,20). The van der Waals surface area contributed by atoms with E-state index in [1.54, 1.807) is 0 Å². The summed E-state index contributed by atoms with van der Waals surface area (Å²) in [5.74, 6) is 0.731. The number of benzene rings is 1. The first kappa shape index (κ1) is 13.5. The van der Waals surface area contributed by atoms with E-state index in [0.717, 1.165) is 39.0 Å². The highest BCUT2D eigenvalue weighted by molar-refractivity contribution is 7.26. The minimum atomic E-state index is -0.113. The van der Waals surface area contributed by atoms with E-state index < -0.39 is 0 Å². The van der Waals surface area contributed by atoms with E-state index in [1.165, 1.54) is 17.7 Å². The third-order valence-corrected chi connectivity index (χ3v) is 4.71. The van der Waals surface area contributed by atoms with Gasteiger partial charge in [-0.2, -0.15) is 0 Å². The molecule has 5 nitrogen and oxygen atoms in total. The first-order chi connectivity index (χ1) is 10.4. The molecule has 0 aliphatic heterocycles. The van der Waals surface area contributed by atoms with Crippen molar-refractivity contribution >= 4 is 42.7 Å². The number of hydrogen-bond acceptors (Lipinski definition) is 5. The highest BCUT2D eigenvalue weighted by atomic mass is 32.1. The fourth-order valence-electron chi connectivity index (χ4n) is 2.61. The van der Waals surface area contributed by atoms with Crippen LogP contribution in [0.3, 0.4) is 0 Å². The van der Waals surface area contributed by atoms with E-state index in [2.05, 4.69) is 35.7 Å². The molecule has 4 aromatic rings. The fraction of sp³-hybridized carbons (Fsp3) is 0.312. The zero-order chi connectivity index (χ0) is 15.5. The summed E-state index contributed by atoms with van der Waals surface area (Å²) < 4.78 is 7.46. The van der Waals surface area contributed by atoms with Gasteiger partial charge in [-0.15, -0.1) is 11.3 Å². The van der Waals surface area contributed by atoms with Crippen molar-refractivity contribution in [1.82, 2.24) is 15.0 Å². The maximum atomic E-state index is 11.9. The number of rotatable bonds is 1. The number of fused-ring (bicyclic) bond motifs is 5. The number of H-pyrrole nitrogens is 1. The summed E-state index contributed by atoms with van der Waals surface area (Å²) in [6.07, 6.45) is 2.21. The third kappa shape index (κ3) is 2.02. The molecule has 1 N–H and O–H groups in total. The number of hydrogen-bond donors (Lipinski definition) is 1. The summed E-state index contributed by atoms with van der Waals surface area (Å²) in [4.78, 5) is 23.5. The minimum absolute atomic E-state index is 0.110. The molecule has 1 aromatic carbocycles. The van der Waals surface area contributed by atoms with Gasteiger partial charge in [0.15, 0.2) is 11.5 Å².